The lowest BCUT2D eigenvalue weighted by molar-refractivity contribution is -0.114. The molecule has 0 unspecified atom stereocenters. The highest BCUT2D eigenvalue weighted by atomic mass is 32.2. The van der Waals surface area contributed by atoms with Crippen LogP contribution in [0.15, 0.2) is 23.1 Å². The normalized spacial score (nSPS) is 16.3. The Balaban J connectivity index is 2.37. The highest BCUT2D eigenvalue weighted by Crippen LogP contribution is 2.26. The van der Waals surface area contributed by atoms with Crippen LogP contribution in [0.1, 0.15) is 33.1 Å². The predicted octanol–water partition coefficient (Wildman–Crippen LogP) is 1.94. The molecule has 0 saturated carbocycles. The van der Waals surface area contributed by atoms with Crippen molar-refractivity contribution in [3.63, 3.8) is 0 Å². The minimum atomic E-state index is -3.75. The van der Waals surface area contributed by atoms with Crippen molar-refractivity contribution in [3.05, 3.63) is 24.0 Å². The fourth-order valence-electron chi connectivity index (χ4n) is 2.90. The first kappa shape index (κ1) is 18.8. The molecule has 1 aliphatic heterocycles. The molecule has 0 aliphatic carbocycles. The van der Waals surface area contributed by atoms with Crippen LogP contribution in [0.25, 0.3) is 0 Å². The van der Waals surface area contributed by atoms with Crippen molar-refractivity contribution in [2.45, 2.75) is 44.0 Å². The monoisotopic (exact) mass is 357 g/mol. The molecule has 24 heavy (non-hydrogen) atoms. The smallest absolute Gasteiger partial charge is 0.243 e. The van der Waals surface area contributed by atoms with E-state index in [1.54, 1.807) is 0 Å². The van der Waals surface area contributed by atoms with E-state index in [-0.39, 0.29) is 16.6 Å². The molecule has 8 heteroatoms. The van der Waals surface area contributed by atoms with Crippen LogP contribution in [-0.2, 0) is 14.8 Å². The number of amides is 1. The first-order valence-corrected chi connectivity index (χ1v) is 9.60. The molecule has 2 N–H and O–H groups in total. The summed E-state index contributed by atoms with van der Waals surface area (Å²) in [5.74, 6) is -1.11. The Bertz CT molecular complexity index is 688. The van der Waals surface area contributed by atoms with Crippen LogP contribution in [0, 0.1) is 5.82 Å². The maximum atomic E-state index is 13.8. The lowest BCUT2D eigenvalue weighted by Gasteiger charge is -2.33. The zero-order valence-corrected chi connectivity index (χ0v) is 14.8. The fraction of sp³-hybridized carbons (Fsp3) is 0.562. The molecular weight excluding hydrogens is 333 g/mol. The Morgan fingerprint density at radius 2 is 2.04 bits per heavy atom. The lowest BCUT2D eigenvalue weighted by Crippen LogP contribution is -2.46. The third-order valence-electron chi connectivity index (χ3n) is 4.02. The van der Waals surface area contributed by atoms with Gasteiger partial charge in [0, 0.05) is 19.5 Å². The number of nitrogens with zero attached hydrogens (tertiary/aromatic N) is 1. The van der Waals surface area contributed by atoms with Crippen molar-refractivity contribution in [3.8, 4) is 0 Å². The number of halogens is 1. The Labute approximate surface area is 142 Å². The Morgan fingerprint density at radius 3 is 2.62 bits per heavy atom. The molecule has 0 bridgehead atoms. The molecule has 1 saturated heterocycles. The molecule has 0 radical (unpaired) electrons. The molecule has 0 atom stereocenters. The number of piperidine rings is 1. The van der Waals surface area contributed by atoms with Gasteiger partial charge in [0.1, 0.15) is 5.82 Å². The van der Waals surface area contributed by atoms with Crippen LogP contribution >= 0.6 is 0 Å². The summed E-state index contributed by atoms with van der Waals surface area (Å²) in [5, 5.41) is 5.55. The molecule has 2 rings (SSSR count). The Hall–Kier alpha value is -1.51. The summed E-state index contributed by atoms with van der Waals surface area (Å²) in [4.78, 5) is 11.2. The van der Waals surface area contributed by atoms with E-state index in [2.05, 4.69) is 10.6 Å². The van der Waals surface area contributed by atoms with E-state index in [0.717, 1.165) is 32.0 Å². The molecule has 1 aromatic carbocycles. The zero-order chi connectivity index (χ0) is 17.7. The van der Waals surface area contributed by atoms with Crippen molar-refractivity contribution in [1.29, 1.82) is 0 Å². The number of nitrogens with one attached hydrogen (secondary N) is 2. The average molecular weight is 357 g/mol. The average Bonchev–Trinajstić information content (AvgIpc) is 2.54. The van der Waals surface area contributed by atoms with E-state index in [4.69, 9.17) is 0 Å². The van der Waals surface area contributed by atoms with Gasteiger partial charge in [-0.05, 0) is 50.6 Å². The minimum Gasteiger partial charge on any atom is -0.324 e. The van der Waals surface area contributed by atoms with Crippen LogP contribution < -0.4 is 10.6 Å². The quantitative estimate of drug-likeness (QED) is 0.815. The van der Waals surface area contributed by atoms with Crippen molar-refractivity contribution >= 4 is 21.6 Å². The first-order chi connectivity index (χ1) is 11.4. The minimum absolute atomic E-state index is 0.000340. The number of sulfonamides is 1. The van der Waals surface area contributed by atoms with E-state index in [9.17, 15) is 17.6 Å². The molecule has 134 valence electrons. The molecule has 1 aliphatic rings. The van der Waals surface area contributed by atoms with E-state index >= 15 is 0 Å². The van der Waals surface area contributed by atoms with Gasteiger partial charge in [-0.2, -0.15) is 4.31 Å². The largest absolute Gasteiger partial charge is 0.324 e. The molecule has 0 spiro atoms. The number of benzene rings is 1. The molecule has 1 amide bonds. The SMILES string of the molecule is CCCN(C1CCNCC1)S(=O)(=O)c1ccc(F)c(NC(C)=O)c1. The van der Waals surface area contributed by atoms with E-state index < -0.39 is 21.7 Å². The lowest BCUT2D eigenvalue weighted by atomic mass is 10.1. The number of anilines is 1. The van der Waals surface area contributed by atoms with Crippen LogP contribution in [0.5, 0.6) is 0 Å². The van der Waals surface area contributed by atoms with Gasteiger partial charge >= 0.3 is 0 Å². The number of hydrogen-bond acceptors (Lipinski definition) is 4. The third kappa shape index (κ3) is 4.31. The van der Waals surface area contributed by atoms with Gasteiger partial charge < -0.3 is 10.6 Å². The Morgan fingerprint density at radius 1 is 1.38 bits per heavy atom. The highest BCUT2D eigenvalue weighted by molar-refractivity contribution is 7.89. The zero-order valence-electron chi connectivity index (χ0n) is 14.0. The van der Waals surface area contributed by atoms with Crippen LogP contribution in [0.2, 0.25) is 0 Å². The van der Waals surface area contributed by atoms with E-state index in [1.165, 1.54) is 23.4 Å². The molecule has 6 nitrogen and oxygen atoms in total. The van der Waals surface area contributed by atoms with Gasteiger partial charge in [-0.3, -0.25) is 4.79 Å². The van der Waals surface area contributed by atoms with Crippen molar-refractivity contribution in [2.24, 2.45) is 0 Å². The second-order valence-corrected chi connectivity index (χ2v) is 7.81. The number of hydrogen-bond donors (Lipinski definition) is 2. The van der Waals surface area contributed by atoms with Crippen LogP contribution in [-0.4, -0.2) is 44.3 Å². The molecular formula is C16H24FN3O3S. The van der Waals surface area contributed by atoms with Gasteiger partial charge in [0.25, 0.3) is 0 Å². The highest BCUT2D eigenvalue weighted by Gasteiger charge is 2.32. The van der Waals surface area contributed by atoms with Gasteiger partial charge in [-0.25, -0.2) is 12.8 Å². The number of carbonyl (C=O) groups is 1. The van der Waals surface area contributed by atoms with Gasteiger partial charge in [0.15, 0.2) is 0 Å². The maximum absolute atomic E-state index is 13.8. The number of rotatable bonds is 6. The maximum Gasteiger partial charge on any atom is 0.243 e. The standard InChI is InChI=1S/C16H24FN3O3S/c1-3-10-20(13-6-8-18-9-7-13)24(22,23)14-4-5-15(17)16(11-14)19-12(2)21/h4-5,11,13,18H,3,6-10H2,1-2H3,(H,19,21). The number of carbonyl (C=O) groups excluding carboxylic acids is 1. The van der Waals surface area contributed by atoms with Crippen molar-refractivity contribution in [1.82, 2.24) is 9.62 Å². The second kappa shape index (κ2) is 8.04. The fourth-order valence-corrected chi connectivity index (χ4v) is 4.70. The second-order valence-electron chi connectivity index (χ2n) is 5.92. The van der Waals surface area contributed by atoms with Crippen molar-refractivity contribution < 1.29 is 17.6 Å². The summed E-state index contributed by atoms with van der Waals surface area (Å²) in [6.07, 6.45) is 2.20. The summed E-state index contributed by atoms with van der Waals surface area (Å²) in [6.45, 7) is 5.15. The molecule has 0 aromatic heterocycles. The Kier molecular flexibility index (Phi) is 6.31. The van der Waals surface area contributed by atoms with Crippen LogP contribution in [0.4, 0.5) is 10.1 Å². The van der Waals surface area contributed by atoms with E-state index in [1.807, 2.05) is 6.92 Å². The summed E-state index contributed by atoms with van der Waals surface area (Å²) >= 11 is 0. The predicted molar refractivity (Wildman–Crippen MR) is 90.8 cm³/mol. The summed E-state index contributed by atoms with van der Waals surface area (Å²) in [6, 6.07) is 3.45. The summed E-state index contributed by atoms with van der Waals surface area (Å²) < 4.78 is 41.4. The van der Waals surface area contributed by atoms with E-state index in [0.29, 0.717) is 13.0 Å². The molecule has 1 aromatic rings. The van der Waals surface area contributed by atoms with Crippen LogP contribution in [0.3, 0.4) is 0 Å². The summed E-state index contributed by atoms with van der Waals surface area (Å²) in [5.41, 5.74) is -0.120. The summed E-state index contributed by atoms with van der Waals surface area (Å²) in [7, 11) is -3.75. The van der Waals surface area contributed by atoms with Gasteiger partial charge in [0.2, 0.25) is 15.9 Å². The van der Waals surface area contributed by atoms with Gasteiger partial charge in [-0.15, -0.1) is 0 Å². The molecule has 1 heterocycles. The van der Waals surface area contributed by atoms with Crippen molar-refractivity contribution in [2.75, 3.05) is 25.0 Å². The molecule has 1 fully saturated rings. The third-order valence-corrected chi connectivity index (χ3v) is 5.96. The topological polar surface area (TPSA) is 78.5 Å². The first-order valence-electron chi connectivity index (χ1n) is 8.16. The van der Waals surface area contributed by atoms with Gasteiger partial charge in [-0.1, -0.05) is 6.92 Å². The van der Waals surface area contributed by atoms with Gasteiger partial charge in [0.05, 0.1) is 10.6 Å².